The Balaban J connectivity index is 0. The molecule has 0 spiro atoms. The summed E-state index contributed by atoms with van der Waals surface area (Å²) in [6.07, 6.45) is 4.02. The van der Waals surface area contributed by atoms with E-state index in [2.05, 4.69) is 22.9 Å². The zero-order valence-electron chi connectivity index (χ0n) is 4.91. The molecule has 0 aromatic carbocycles. The molecule has 0 heterocycles. The van der Waals surface area contributed by atoms with Gasteiger partial charge in [0.2, 0.25) is 0 Å². The summed E-state index contributed by atoms with van der Waals surface area (Å²) < 4.78 is 0. The molecular formula is C5H14BrN. The van der Waals surface area contributed by atoms with Crippen LogP contribution in [-0.4, -0.2) is 5.33 Å². The number of unbranched alkanes of at least 4 members (excludes halogenated alkanes) is 2. The molecule has 0 aliphatic heterocycles. The van der Waals surface area contributed by atoms with Crippen LogP contribution in [0.25, 0.3) is 0 Å². The third-order valence-electron chi connectivity index (χ3n) is 0.737. The van der Waals surface area contributed by atoms with Crippen molar-refractivity contribution in [3.05, 3.63) is 0 Å². The van der Waals surface area contributed by atoms with Crippen LogP contribution in [0.2, 0.25) is 0 Å². The summed E-state index contributed by atoms with van der Waals surface area (Å²) in [6, 6.07) is 0. The Morgan fingerprint density at radius 3 is 2.00 bits per heavy atom. The van der Waals surface area contributed by atoms with Crippen LogP contribution in [0.3, 0.4) is 0 Å². The van der Waals surface area contributed by atoms with E-state index < -0.39 is 0 Å². The van der Waals surface area contributed by atoms with Crippen LogP contribution >= 0.6 is 15.9 Å². The molecule has 0 saturated carbocycles. The molecule has 7 heavy (non-hydrogen) atoms. The summed E-state index contributed by atoms with van der Waals surface area (Å²) in [5.41, 5.74) is 0. The molecule has 0 aliphatic carbocycles. The number of alkyl halides is 1. The first-order valence-corrected chi connectivity index (χ1v) is 3.60. The molecule has 0 atom stereocenters. The molecule has 0 saturated heterocycles. The van der Waals surface area contributed by atoms with Crippen LogP contribution in [0.1, 0.15) is 26.2 Å². The summed E-state index contributed by atoms with van der Waals surface area (Å²) in [4.78, 5) is 0. The van der Waals surface area contributed by atoms with Gasteiger partial charge in [0.25, 0.3) is 0 Å². The number of halogens is 1. The zero-order chi connectivity index (χ0) is 4.83. The highest BCUT2D eigenvalue weighted by Crippen LogP contribution is 1.95. The first-order chi connectivity index (χ1) is 2.91. The Kier molecular flexibility index (Phi) is 14.4. The second-order valence-corrected chi connectivity index (χ2v) is 2.19. The van der Waals surface area contributed by atoms with E-state index in [1.165, 1.54) is 24.6 Å². The van der Waals surface area contributed by atoms with Crippen molar-refractivity contribution in [2.24, 2.45) is 0 Å². The lowest BCUT2D eigenvalue weighted by Crippen LogP contribution is -1.70. The van der Waals surface area contributed by atoms with Gasteiger partial charge in [-0.2, -0.15) is 0 Å². The summed E-state index contributed by atoms with van der Waals surface area (Å²) in [7, 11) is 0. The van der Waals surface area contributed by atoms with E-state index in [4.69, 9.17) is 0 Å². The quantitative estimate of drug-likeness (QED) is 0.510. The van der Waals surface area contributed by atoms with Gasteiger partial charge in [0, 0.05) is 5.33 Å². The molecular weight excluding hydrogens is 154 g/mol. The molecule has 0 aromatic rings. The lowest BCUT2D eigenvalue weighted by Gasteiger charge is -1.85. The lowest BCUT2D eigenvalue weighted by atomic mass is 10.3. The van der Waals surface area contributed by atoms with Gasteiger partial charge in [-0.1, -0.05) is 35.7 Å². The van der Waals surface area contributed by atoms with Gasteiger partial charge in [0.15, 0.2) is 0 Å². The van der Waals surface area contributed by atoms with E-state index in [9.17, 15) is 0 Å². The monoisotopic (exact) mass is 167 g/mol. The minimum absolute atomic E-state index is 0. The maximum absolute atomic E-state index is 3.35. The Morgan fingerprint density at radius 2 is 1.86 bits per heavy atom. The Bertz CT molecular complexity index is 20.0. The van der Waals surface area contributed by atoms with E-state index in [0.717, 1.165) is 0 Å². The third-order valence-corrected chi connectivity index (χ3v) is 1.30. The standard InChI is InChI=1S/C5H11Br.H3N/c1-2-3-4-5-6;/h2-5H2,1H3;1H3. The van der Waals surface area contributed by atoms with E-state index in [0.29, 0.717) is 0 Å². The van der Waals surface area contributed by atoms with Crippen molar-refractivity contribution in [3.8, 4) is 0 Å². The van der Waals surface area contributed by atoms with Crippen molar-refractivity contribution < 1.29 is 0 Å². The van der Waals surface area contributed by atoms with Gasteiger partial charge in [0.1, 0.15) is 0 Å². The number of hydrogen-bond acceptors (Lipinski definition) is 1. The molecule has 2 heteroatoms. The minimum atomic E-state index is 0. The van der Waals surface area contributed by atoms with Crippen molar-refractivity contribution in [2.45, 2.75) is 26.2 Å². The van der Waals surface area contributed by atoms with Crippen molar-refractivity contribution in [1.29, 1.82) is 0 Å². The highest BCUT2D eigenvalue weighted by molar-refractivity contribution is 9.09. The third kappa shape index (κ3) is 10.7. The van der Waals surface area contributed by atoms with Crippen molar-refractivity contribution in [3.63, 3.8) is 0 Å². The molecule has 0 fully saturated rings. The van der Waals surface area contributed by atoms with Crippen LogP contribution in [-0.2, 0) is 0 Å². The van der Waals surface area contributed by atoms with Crippen LogP contribution < -0.4 is 6.15 Å². The topological polar surface area (TPSA) is 35.0 Å². The molecule has 0 bridgehead atoms. The number of hydrogen-bond donors (Lipinski definition) is 1. The summed E-state index contributed by atoms with van der Waals surface area (Å²) in [6.45, 7) is 2.21. The molecule has 3 N–H and O–H groups in total. The fourth-order valence-corrected chi connectivity index (χ4v) is 0.741. The summed E-state index contributed by atoms with van der Waals surface area (Å²) in [5, 5.41) is 1.17. The largest absolute Gasteiger partial charge is 0.344 e. The van der Waals surface area contributed by atoms with Crippen molar-refractivity contribution >= 4 is 15.9 Å². The molecule has 1 nitrogen and oxygen atoms in total. The fourth-order valence-electron chi connectivity index (χ4n) is 0.344. The van der Waals surface area contributed by atoms with Crippen molar-refractivity contribution in [2.75, 3.05) is 5.33 Å². The van der Waals surface area contributed by atoms with Gasteiger partial charge in [-0.15, -0.1) is 0 Å². The molecule has 0 aliphatic rings. The van der Waals surface area contributed by atoms with Gasteiger partial charge >= 0.3 is 0 Å². The molecule has 0 unspecified atom stereocenters. The van der Waals surface area contributed by atoms with E-state index in [1.54, 1.807) is 0 Å². The van der Waals surface area contributed by atoms with Gasteiger partial charge in [-0.25, -0.2) is 0 Å². The van der Waals surface area contributed by atoms with Crippen LogP contribution in [0.4, 0.5) is 0 Å². The minimum Gasteiger partial charge on any atom is -0.344 e. The first kappa shape index (κ1) is 10.4. The molecule has 0 amide bonds. The second-order valence-electron chi connectivity index (χ2n) is 1.40. The fraction of sp³-hybridized carbons (Fsp3) is 1.00. The second kappa shape index (κ2) is 9.67. The smallest absolute Gasteiger partial charge is 0.00313 e. The van der Waals surface area contributed by atoms with E-state index >= 15 is 0 Å². The molecule has 46 valence electrons. The van der Waals surface area contributed by atoms with E-state index in [1.807, 2.05) is 0 Å². The van der Waals surface area contributed by atoms with Gasteiger partial charge in [-0.3, -0.25) is 0 Å². The Hall–Kier alpha value is 0.440. The lowest BCUT2D eigenvalue weighted by molar-refractivity contribution is 0.781. The average Bonchev–Trinajstić information content (AvgIpc) is 1.61. The average molecular weight is 168 g/mol. The van der Waals surface area contributed by atoms with Crippen LogP contribution in [0, 0.1) is 0 Å². The SMILES string of the molecule is CCCCCBr.N. The summed E-state index contributed by atoms with van der Waals surface area (Å²) >= 11 is 3.35. The normalized spacial score (nSPS) is 7.71. The highest BCUT2D eigenvalue weighted by atomic mass is 79.9. The Labute approximate surface area is 54.2 Å². The van der Waals surface area contributed by atoms with Gasteiger partial charge in [0.05, 0.1) is 0 Å². The maximum Gasteiger partial charge on any atom is 0.00313 e. The Morgan fingerprint density at radius 1 is 1.29 bits per heavy atom. The predicted octanol–water partition coefficient (Wildman–Crippen LogP) is 2.73. The van der Waals surface area contributed by atoms with Crippen LogP contribution in [0.5, 0.6) is 0 Å². The highest BCUT2D eigenvalue weighted by Gasteiger charge is 1.76. The first-order valence-electron chi connectivity index (χ1n) is 2.47. The zero-order valence-corrected chi connectivity index (χ0v) is 6.50. The maximum atomic E-state index is 3.35. The predicted molar refractivity (Wildman–Crippen MR) is 38.3 cm³/mol. The van der Waals surface area contributed by atoms with Gasteiger partial charge in [-0.05, 0) is 6.42 Å². The molecule has 0 rings (SSSR count). The van der Waals surface area contributed by atoms with Crippen molar-refractivity contribution in [1.82, 2.24) is 6.15 Å². The van der Waals surface area contributed by atoms with E-state index in [-0.39, 0.29) is 6.15 Å². The summed E-state index contributed by atoms with van der Waals surface area (Å²) in [5.74, 6) is 0. The number of rotatable bonds is 3. The van der Waals surface area contributed by atoms with Gasteiger partial charge < -0.3 is 6.15 Å². The molecule has 0 radical (unpaired) electrons. The van der Waals surface area contributed by atoms with Crippen LogP contribution in [0.15, 0.2) is 0 Å². The molecule has 0 aromatic heterocycles.